The first kappa shape index (κ1) is 13.3. The van der Waals surface area contributed by atoms with Crippen LogP contribution in [0.2, 0.25) is 0 Å². The third-order valence-electron chi connectivity index (χ3n) is 5.57. The summed E-state index contributed by atoms with van der Waals surface area (Å²) in [6, 6.07) is 8.85. The highest BCUT2D eigenvalue weighted by Gasteiger charge is 2.51. The molecule has 0 bridgehead atoms. The summed E-state index contributed by atoms with van der Waals surface area (Å²) in [7, 11) is 1.91. The van der Waals surface area contributed by atoms with Gasteiger partial charge in [0.15, 0.2) is 0 Å². The molecule has 0 aromatic heterocycles. The highest BCUT2D eigenvalue weighted by atomic mass is 16.5. The Labute approximate surface area is 125 Å². The van der Waals surface area contributed by atoms with Crippen LogP contribution in [0.4, 0.5) is 5.69 Å². The van der Waals surface area contributed by atoms with Crippen LogP contribution in [0.25, 0.3) is 0 Å². The number of carbonyl (C=O) groups excluding carboxylic acids is 1. The Kier molecular flexibility index (Phi) is 3.05. The minimum Gasteiger partial charge on any atom is -0.380 e. The normalized spacial score (nSPS) is 28.3. The first-order valence-corrected chi connectivity index (χ1v) is 7.92. The second-order valence-corrected chi connectivity index (χ2v) is 6.52. The quantitative estimate of drug-likeness (QED) is 0.789. The molecule has 4 rings (SSSR count). The fraction of sp³-hybridized carbons (Fsp3) is 0.588. The molecule has 0 N–H and O–H groups in total. The van der Waals surface area contributed by atoms with Crippen molar-refractivity contribution in [3.8, 4) is 0 Å². The molecule has 4 heteroatoms. The molecule has 112 valence electrons. The summed E-state index contributed by atoms with van der Waals surface area (Å²) in [5.41, 5.74) is 2.06. The van der Waals surface area contributed by atoms with Crippen molar-refractivity contribution in [1.29, 1.82) is 0 Å². The predicted octanol–water partition coefficient (Wildman–Crippen LogP) is 1.79. The van der Waals surface area contributed by atoms with Gasteiger partial charge in [-0.1, -0.05) is 18.2 Å². The molecular weight excluding hydrogens is 264 g/mol. The molecule has 0 aliphatic carbocycles. The Morgan fingerprint density at radius 1 is 1.24 bits per heavy atom. The Balaban J connectivity index is 1.60. The van der Waals surface area contributed by atoms with E-state index in [4.69, 9.17) is 4.74 Å². The lowest BCUT2D eigenvalue weighted by Gasteiger charge is -2.40. The van der Waals surface area contributed by atoms with Crippen molar-refractivity contribution in [3.63, 3.8) is 0 Å². The number of likely N-dealkylation sites (tertiary alicyclic amines) is 1. The number of hydrogen-bond donors (Lipinski definition) is 0. The number of para-hydroxylation sites is 1. The average Bonchev–Trinajstić information content (AvgIpc) is 3.13. The van der Waals surface area contributed by atoms with Gasteiger partial charge >= 0.3 is 0 Å². The number of anilines is 1. The Morgan fingerprint density at radius 3 is 2.71 bits per heavy atom. The second-order valence-electron chi connectivity index (χ2n) is 6.52. The van der Waals surface area contributed by atoms with E-state index in [1.807, 2.05) is 18.0 Å². The van der Waals surface area contributed by atoms with Crippen molar-refractivity contribution >= 4 is 11.6 Å². The van der Waals surface area contributed by atoms with Gasteiger partial charge in [-0.2, -0.15) is 0 Å². The molecule has 0 radical (unpaired) electrons. The second kappa shape index (κ2) is 4.82. The van der Waals surface area contributed by atoms with E-state index in [1.54, 1.807) is 0 Å². The van der Waals surface area contributed by atoms with Gasteiger partial charge in [0.05, 0.1) is 12.0 Å². The van der Waals surface area contributed by atoms with Gasteiger partial charge in [0.25, 0.3) is 0 Å². The summed E-state index contributed by atoms with van der Waals surface area (Å²) in [6.07, 6.45) is 3.00. The first-order valence-electron chi connectivity index (χ1n) is 7.92. The molecule has 1 amide bonds. The number of ether oxygens (including phenoxy) is 1. The van der Waals surface area contributed by atoms with E-state index in [-0.39, 0.29) is 11.3 Å². The monoisotopic (exact) mass is 286 g/mol. The van der Waals surface area contributed by atoms with Gasteiger partial charge in [0.1, 0.15) is 0 Å². The molecule has 1 aromatic carbocycles. The minimum atomic E-state index is -0.276. The molecule has 4 nitrogen and oxygen atoms in total. The van der Waals surface area contributed by atoms with Gasteiger partial charge in [0.2, 0.25) is 5.91 Å². The molecule has 3 heterocycles. The molecule has 1 spiro atoms. The van der Waals surface area contributed by atoms with Gasteiger partial charge in [-0.15, -0.1) is 0 Å². The minimum absolute atomic E-state index is 0.276. The number of rotatable bonds is 1. The van der Waals surface area contributed by atoms with Gasteiger partial charge < -0.3 is 9.64 Å². The summed E-state index contributed by atoms with van der Waals surface area (Å²) in [4.78, 5) is 17.2. The maximum atomic E-state index is 12.8. The van der Waals surface area contributed by atoms with Crippen molar-refractivity contribution in [3.05, 3.63) is 29.8 Å². The van der Waals surface area contributed by atoms with Gasteiger partial charge in [-0.05, 0) is 44.0 Å². The lowest BCUT2D eigenvalue weighted by atomic mass is 9.73. The van der Waals surface area contributed by atoms with Crippen LogP contribution in [0.15, 0.2) is 24.3 Å². The summed E-state index contributed by atoms with van der Waals surface area (Å²) < 4.78 is 5.50. The summed E-state index contributed by atoms with van der Waals surface area (Å²) in [6.45, 7) is 3.75. The average molecular weight is 286 g/mol. The van der Waals surface area contributed by atoms with Crippen LogP contribution in [0, 0.1) is 0 Å². The number of carbonyl (C=O) groups is 1. The fourth-order valence-corrected chi connectivity index (χ4v) is 4.28. The lowest BCUT2D eigenvalue weighted by Crippen LogP contribution is -2.50. The van der Waals surface area contributed by atoms with E-state index in [2.05, 4.69) is 23.1 Å². The van der Waals surface area contributed by atoms with Crippen molar-refractivity contribution in [2.45, 2.75) is 30.7 Å². The van der Waals surface area contributed by atoms with Crippen LogP contribution >= 0.6 is 0 Å². The van der Waals surface area contributed by atoms with Crippen molar-refractivity contribution in [2.24, 2.45) is 0 Å². The number of likely N-dealkylation sites (N-methyl/N-ethyl adjacent to an activating group) is 1. The van der Waals surface area contributed by atoms with E-state index in [1.165, 1.54) is 5.56 Å². The fourth-order valence-electron chi connectivity index (χ4n) is 4.28. The van der Waals surface area contributed by atoms with Crippen LogP contribution in [-0.4, -0.2) is 50.2 Å². The summed E-state index contributed by atoms with van der Waals surface area (Å²) >= 11 is 0. The zero-order valence-corrected chi connectivity index (χ0v) is 12.5. The third-order valence-corrected chi connectivity index (χ3v) is 5.57. The van der Waals surface area contributed by atoms with E-state index in [0.717, 1.165) is 51.3 Å². The number of benzene rings is 1. The van der Waals surface area contributed by atoms with E-state index in [0.29, 0.717) is 6.04 Å². The molecular formula is C17H22N2O2. The molecule has 3 aliphatic heterocycles. The van der Waals surface area contributed by atoms with Crippen LogP contribution in [0.3, 0.4) is 0 Å². The van der Waals surface area contributed by atoms with Gasteiger partial charge in [-0.3, -0.25) is 9.69 Å². The highest BCUT2D eigenvalue weighted by molar-refractivity contribution is 6.07. The summed E-state index contributed by atoms with van der Waals surface area (Å²) in [5.74, 6) is 0.283. The van der Waals surface area contributed by atoms with Crippen molar-refractivity contribution in [2.75, 3.05) is 38.3 Å². The Hall–Kier alpha value is -1.39. The van der Waals surface area contributed by atoms with E-state index < -0.39 is 0 Å². The number of nitrogens with zero attached hydrogens (tertiary/aromatic N) is 2. The maximum Gasteiger partial charge on any atom is 0.237 e. The third kappa shape index (κ3) is 1.86. The standard InChI is InChI=1S/C17H22N2O2/c1-18-15-5-3-2-4-14(15)17(16(18)20)7-9-19(10-8-17)13-6-11-21-12-13/h2-5,13H,6-12H2,1H3. The van der Waals surface area contributed by atoms with Gasteiger partial charge in [-0.25, -0.2) is 0 Å². The van der Waals surface area contributed by atoms with Crippen LogP contribution in [-0.2, 0) is 14.9 Å². The molecule has 1 atom stereocenters. The molecule has 2 fully saturated rings. The summed E-state index contributed by atoms with van der Waals surface area (Å²) in [5, 5.41) is 0. The van der Waals surface area contributed by atoms with Crippen LogP contribution in [0.1, 0.15) is 24.8 Å². The molecule has 21 heavy (non-hydrogen) atoms. The zero-order valence-electron chi connectivity index (χ0n) is 12.5. The van der Waals surface area contributed by atoms with Gasteiger partial charge in [0, 0.05) is 25.4 Å². The van der Waals surface area contributed by atoms with Crippen molar-refractivity contribution < 1.29 is 9.53 Å². The molecule has 3 aliphatic rings. The Morgan fingerprint density at radius 2 is 2.00 bits per heavy atom. The topological polar surface area (TPSA) is 32.8 Å². The largest absolute Gasteiger partial charge is 0.380 e. The molecule has 0 saturated carbocycles. The predicted molar refractivity (Wildman–Crippen MR) is 81.6 cm³/mol. The number of hydrogen-bond acceptors (Lipinski definition) is 3. The molecule has 1 unspecified atom stereocenters. The number of fused-ring (bicyclic) bond motifs is 2. The lowest BCUT2D eigenvalue weighted by molar-refractivity contribution is -0.124. The Bertz CT molecular complexity index is 558. The van der Waals surface area contributed by atoms with E-state index in [9.17, 15) is 4.79 Å². The van der Waals surface area contributed by atoms with Crippen LogP contribution in [0.5, 0.6) is 0 Å². The molecule has 1 aromatic rings. The maximum absolute atomic E-state index is 12.8. The number of amides is 1. The zero-order chi connectivity index (χ0) is 14.4. The number of piperidine rings is 1. The highest BCUT2D eigenvalue weighted by Crippen LogP contribution is 2.47. The van der Waals surface area contributed by atoms with Crippen LogP contribution < -0.4 is 4.90 Å². The van der Waals surface area contributed by atoms with E-state index >= 15 is 0 Å². The smallest absolute Gasteiger partial charge is 0.237 e. The SMILES string of the molecule is CN1C(=O)C2(CCN(C3CCOC3)CC2)c2ccccc21. The molecule has 2 saturated heterocycles. The van der Waals surface area contributed by atoms with Crippen molar-refractivity contribution in [1.82, 2.24) is 4.90 Å². The first-order chi connectivity index (χ1) is 10.2.